The molecular weight excluding hydrogens is 318 g/mol. The van der Waals surface area contributed by atoms with E-state index in [1.807, 2.05) is 25.3 Å². The largest absolute Gasteiger partial charge is 0.382 e. The zero-order valence-electron chi connectivity index (χ0n) is 15.3. The SMILES string of the molecule is CCOCCCCNC(=NC)NCC1(c2cccs2)CCCCC1. The highest BCUT2D eigenvalue weighted by molar-refractivity contribution is 7.10. The summed E-state index contributed by atoms with van der Waals surface area (Å²) in [4.78, 5) is 5.91. The van der Waals surface area contributed by atoms with E-state index in [4.69, 9.17) is 4.74 Å². The zero-order valence-corrected chi connectivity index (χ0v) is 16.1. The minimum atomic E-state index is 0.291. The molecule has 5 heteroatoms. The summed E-state index contributed by atoms with van der Waals surface area (Å²) in [6.07, 6.45) is 8.82. The van der Waals surface area contributed by atoms with Crippen molar-refractivity contribution in [2.75, 3.05) is 33.4 Å². The van der Waals surface area contributed by atoms with E-state index < -0.39 is 0 Å². The maximum Gasteiger partial charge on any atom is 0.191 e. The van der Waals surface area contributed by atoms with Crippen LogP contribution in [0.4, 0.5) is 0 Å². The Morgan fingerprint density at radius 1 is 1.25 bits per heavy atom. The first kappa shape index (κ1) is 19.3. The Morgan fingerprint density at radius 3 is 2.75 bits per heavy atom. The van der Waals surface area contributed by atoms with Crippen molar-refractivity contribution in [3.63, 3.8) is 0 Å². The van der Waals surface area contributed by atoms with Crippen LogP contribution in [0.3, 0.4) is 0 Å². The van der Waals surface area contributed by atoms with E-state index in [0.717, 1.165) is 45.1 Å². The molecule has 1 heterocycles. The van der Waals surface area contributed by atoms with Crippen LogP contribution in [-0.2, 0) is 10.2 Å². The van der Waals surface area contributed by atoms with Crippen molar-refractivity contribution >= 4 is 17.3 Å². The average molecular weight is 352 g/mol. The highest BCUT2D eigenvalue weighted by Gasteiger charge is 2.34. The van der Waals surface area contributed by atoms with Gasteiger partial charge in [0.1, 0.15) is 0 Å². The Hall–Kier alpha value is -1.07. The fourth-order valence-corrected chi connectivity index (χ4v) is 4.46. The van der Waals surface area contributed by atoms with E-state index in [-0.39, 0.29) is 0 Å². The molecule has 0 saturated heterocycles. The van der Waals surface area contributed by atoms with Gasteiger partial charge in [-0.2, -0.15) is 0 Å². The molecule has 1 fully saturated rings. The third-order valence-electron chi connectivity index (χ3n) is 4.88. The monoisotopic (exact) mass is 351 g/mol. The predicted molar refractivity (Wildman–Crippen MR) is 104 cm³/mol. The first-order valence-electron chi connectivity index (χ1n) is 9.37. The van der Waals surface area contributed by atoms with Gasteiger partial charge in [-0.25, -0.2) is 0 Å². The summed E-state index contributed by atoms with van der Waals surface area (Å²) in [5, 5.41) is 9.23. The third-order valence-corrected chi connectivity index (χ3v) is 6.00. The highest BCUT2D eigenvalue weighted by Crippen LogP contribution is 2.41. The lowest BCUT2D eigenvalue weighted by Crippen LogP contribution is -2.46. The van der Waals surface area contributed by atoms with Crippen molar-refractivity contribution in [2.24, 2.45) is 4.99 Å². The summed E-state index contributed by atoms with van der Waals surface area (Å²) in [5.74, 6) is 0.924. The average Bonchev–Trinajstić information content (AvgIpc) is 3.17. The van der Waals surface area contributed by atoms with Gasteiger partial charge >= 0.3 is 0 Å². The number of hydrogen-bond acceptors (Lipinski definition) is 3. The number of guanidine groups is 1. The minimum absolute atomic E-state index is 0.291. The molecule has 0 aliphatic heterocycles. The second kappa shape index (κ2) is 10.7. The van der Waals surface area contributed by atoms with Crippen LogP contribution in [0.2, 0.25) is 0 Å². The van der Waals surface area contributed by atoms with E-state index in [9.17, 15) is 0 Å². The van der Waals surface area contributed by atoms with E-state index in [2.05, 4.69) is 33.1 Å². The lowest BCUT2D eigenvalue weighted by Gasteiger charge is -2.37. The highest BCUT2D eigenvalue weighted by atomic mass is 32.1. The number of ether oxygens (including phenoxy) is 1. The molecule has 2 N–H and O–H groups in total. The van der Waals surface area contributed by atoms with Gasteiger partial charge in [-0.05, 0) is 44.1 Å². The molecule has 2 rings (SSSR count). The van der Waals surface area contributed by atoms with Crippen molar-refractivity contribution in [3.8, 4) is 0 Å². The van der Waals surface area contributed by atoms with Crippen molar-refractivity contribution in [1.82, 2.24) is 10.6 Å². The van der Waals surface area contributed by atoms with Gasteiger partial charge in [-0.3, -0.25) is 4.99 Å². The van der Waals surface area contributed by atoms with Crippen LogP contribution >= 0.6 is 11.3 Å². The van der Waals surface area contributed by atoms with Crippen LogP contribution < -0.4 is 10.6 Å². The van der Waals surface area contributed by atoms with E-state index in [1.54, 1.807) is 0 Å². The van der Waals surface area contributed by atoms with Gasteiger partial charge in [0.2, 0.25) is 0 Å². The van der Waals surface area contributed by atoms with Gasteiger partial charge in [0.25, 0.3) is 0 Å². The molecule has 0 bridgehead atoms. The third kappa shape index (κ3) is 5.78. The molecule has 1 aromatic heterocycles. The Bertz CT molecular complexity index is 467. The molecular formula is C19H33N3OS. The summed E-state index contributed by atoms with van der Waals surface area (Å²) < 4.78 is 5.38. The molecule has 0 amide bonds. The molecule has 0 unspecified atom stereocenters. The molecule has 4 nitrogen and oxygen atoms in total. The second-order valence-corrected chi connectivity index (χ2v) is 7.52. The minimum Gasteiger partial charge on any atom is -0.382 e. The second-order valence-electron chi connectivity index (χ2n) is 6.57. The lowest BCUT2D eigenvalue weighted by atomic mass is 9.73. The number of thiophene rings is 1. The number of nitrogens with zero attached hydrogens (tertiary/aromatic N) is 1. The Morgan fingerprint density at radius 2 is 2.08 bits per heavy atom. The van der Waals surface area contributed by atoms with Crippen molar-refractivity contribution < 1.29 is 4.74 Å². The zero-order chi connectivity index (χ0) is 17.1. The van der Waals surface area contributed by atoms with Crippen LogP contribution in [0.15, 0.2) is 22.5 Å². The molecule has 0 atom stereocenters. The number of rotatable bonds is 9. The van der Waals surface area contributed by atoms with E-state index in [1.165, 1.54) is 37.0 Å². The summed E-state index contributed by atoms with van der Waals surface area (Å²) in [6, 6.07) is 4.49. The fourth-order valence-electron chi connectivity index (χ4n) is 3.47. The summed E-state index contributed by atoms with van der Waals surface area (Å²) in [6.45, 7) is 5.62. The van der Waals surface area contributed by atoms with Gasteiger partial charge in [-0.15, -0.1) is 11.3 Å². The van der Waals surface area contributed by atoms with E-state index in [0.29, 0.717) is 5.41 Å². The molecule has 1 saturated carbocycles. The van der Waals surface area contributed by atoms with Crippen LogP contribution in [0.1, 0.15) is 56.7 Å². The Balaban J connectivity index is 1.79. The molecule has 0 spiro atoms. The number of nitrogens with one attached hydrogen (secondary N) is 2. The molecule has 0 radical (unpaired) electrons. The van der Waals surface area contributed by atoms with Gasteiger partial charge in [0, 0.05) is 43.6 Å². The normalized spacial score (nSPS) is 17.7. The van der Waals surface area contributed by atoms with Crippen molar-refractivity contribution in [2.45, 2.75) is 57.3 Å². The predicted octanol–water partition coefficient (Wildman–Crippen LogP) is 3.93. The van der Waals surface area contributed by atoms with E-state index >= 15 is 0 Å². The quantitative estimate of drug-likeness (QED) is 0.402. The molecule has 24 heavy (non-hydrogen) atoms. The molecule has 1 aromatic rings. The standard InChI is InChI=1S/C19H33N3OS/c1-3-23-14-8-7-13-21-18(20-2)22-16-19(11-5-4-6-12-19)17-10-9-15-24-17/h9-10,15H,3-8,11-14,16H2,1-2H3,(H2,20,21,22). The number of hydrogen-bond donors (Lipinski definition) is 2. The molecule has 0 aromatic carbocycles. The van der Waals surface area contributed by atoms with Gasteiger partial charge in [0.05, 0.1) is 0 Å². The van der Waals surface area contributed by atoms with Gasteiger partial charge in [0.15, 0.2) is 5.96 Å². The Kier molecular flexibility index (Phi) is 8.60. The van der Waals surface area contributed by atoms with Crippen molar-refractivity contribution in [1.29, 1.82) is 0 Å². The maximum atomic E-state index is 5.38. The topological polar surface area (TPSA) is 45.6 Å². The van der Waals surface area contributed by atoms with Gasteiger partial charge < -0.3 is 15.4 Å². The summed E-state index contributed by atoms with van der Waals surface area (Å²) >= 11 is 1.90. The number of aliphatic imine (C=N–C) groups is 1. The first-order valence-corrected chi connectivity index (χ1v) is 10.2. The summed E-state index contributed by atoms with van der Waals surface area (Å²) in [7, 11) is 1.86. The van der Waals surface area contributed by atoms with Crippen LogP contribution in [-0.4, -0.2) is 39.3 Å². The van der Waals surface area contributed by atoms with Crippen molar-refractivity contribution in [3.05, 3.63) is 22.4 Å². The smallest absolute Gasteiger partial charge is 0.191 e. The van der Waals surface area contributed by atoms with Gasteiger partial charge in [-0.1, -0.05) is 25.3 Å². The molecule has 136 valence electrons. The lowest BCUT2D eigenvalue weighted by molar-refractivity contribution is 0.143. The van der Waals surface area contributed by atoms with Crippen LogP contribution in [0, 0.1) is 0 Å². The first-order chi connectivity index (χ1) is 11.8. The summed E-state index contributed by atoms with van der Waals surface area (Å²) in [5.41, 5.74) is 0.291. The van der Waals surface area contributed by atoms with Crippen LogP contribution in [0.25, 0.3) is 0 Å². The maximum absolute atomic E-state index is 5.38. The molecule has 1 aliphatic carbocycles. The number of unbranched alkanes of at least 4 members (excludes halogenated alkanes) is 1. The Labute approximate surface area is 151 Å². The van der Waals surface area contributed by atoms with Crippen LogP contribution in [0.5, 0.6) is 0 Å². The fraction of sp³-hybridized carbons (Fsp3) is 0.737. The molecule has 1 aliphatic rings.